The molecule has 80 valence electrons. The highest BCUT2D eigenvalue weighted by molar-refractivity contribution is 6.34. The average molecular weight is 227 g/mol. The zero-order valence-corrected chi connectivity index (χ0v) is 8.80. The summed E-state index contributed by atoms with van der Waals surface area (Å²) >= 11 is 6.03. The molecule has 0 atom stereocenters. The number of carbonyl (C=O) groups is 1. The van der Waals surface area contributed by atoms with E-state index in [1.807, 2.05) is 12.1 Å². The predicted octanol–water partition coefficient (Wildman–Crippen LogP) is 1.27. The van der Waals surface area contributed by atoms with E-state index in [1.165, 1.54) is 0 Å². The van der Waals surface area contributed by atoms with Crippen LogP contribution >= 0.6 is 11.6 Å². The summed E-state index contributed by atoms with van der Waals surface area (Å²) in [6, 6.07) is 3.78. The summed E-state index contributed by atoms with van der Waals surface area (Å²) in [6.07, 6.45) is 1.09. The number of halogens is 1. The number of nitrogens with one attached hydrogen (secondary N) is 1. The maximum Gasteiger partial charge on any atom is 0.228 e. The number of carbonyl (C=O) groups excluding carboxylic acids is 1. The van der Waals surface area contributed by atoms with Crippen LogP contribution in [0.15, 0.2) is 12.1 Å². The van der Waals surface area contributed by atoms with Crippen molar-refractivity contribution in [2.24, 2.45) is 5.90 Å². The molecule has 1 aromatic carbocycles. The molecule has 0 fully saturated rings. The van der Waals surface area contributed by atoms with E-state index in [-0.39, 0.29) is 5.91 Å². The minimum absolute atomic E-state index is 0.0147. The molecule has 3 N–H and O–H groups in total. The third-order valence-corrected chi connectivity index (χ3v) is 2.65. The van der Waals surface area contributed by atoms with Gasteiger partial charge in [-0.1, -0.05) is 17.7 Å². The second-order valence-electron chi connectivity index (χ2n) is 3.46. The van der Waals surface area contributed by atoms with Gasteiger partial charge in [-0.15, -0.1) is 0 Å². The van der Waals surface area contributed by atoms with Gasteiger partial charge < -0.3 is 10.2 Å². The molecular weight excluding hydrogens is 216 g/mol. The van der Waals surface area contributed by atoms with Crippen molar-refractivity contribution in [3.05, 3.63) is 28.3 Å². The Morgan fingerprint density at radius 2 is 2.33 bits per heavy atom. The summed E-state index contributed by atoms with van der Waals surface area (Å²) in [5, 5.41) is 3.30. The number of fused-ring (bicyclic) bond motifs is 1. The van der Waals surface area contributed by atoms with Crippen molar-refractivity contribution in [2.45, 2.75) is 12.8 Å². The van der Waals surface area contributed by atoms with Crippen molar-refractivity contribution in [3.63, 3.8) is 0 Å². The van der Waals surface area contributed by atoms with Crippen LogP contribution in [-0.4, -0.2) is 12.5 Å². The van der Waals surface area contributed by atoms with Crippen LogP contribution < -0.4 is 11.2 Å². The molecule has 4 nitrogen and oxygen atoms in total. The van der Waals surface area contributed by atoms with Gasteiger partial charge in [0.2, 0.25) is 5.91 Å². The summed E-state index contributed by atoms with van der Waals surface area (Å²) in [6.45, 7) is 0.441. The first-order chi connectivity index (χ1) is 7.20. The number of benzene rings is 1. The van der Waals surface area contributed by atoms with Crippen LogP contribution in [0.1, 0.15) is 11.1 Å². The Kier molecular flexibility index (Phi) is 2.90. The van der Waals surface area contributed by atoms with E-state index >= 15 is 0 Å². The Morgan fingerprint density at radius 1 is 1.53 bits per heavy atom. The third-order valence-electron chi connectivity index (χ3n) is 2.36. The molecule has 1 aliphatic rings. The number of hydrogen-bond donors (Lipinski definition) is 2. The van der Waals surface area contributed by atoms with Crippen molar-refractivity contribution >= 4 is 23.2 Å². The van der Waals surface area contributed by atoms with Crippen LogP contribution in [0.2, 0.25) is 5.02 Å². The summed E-state index contributed by atoms with van der Waals surface area (Å²) in [5.74, 6) is 4.94. The fraction of sp³-hybridized carbons (Fsp3) is 0.300. The molecule has 0 aliphatic carbocycles. The standard InChI is InChI=1S/C10H11ClN2O2/c11-8-4-6(1-2-15-12)3-7-5-9(14)13-10(7)8/h3-4H,1-2,5,12H2,(H,13,14). The van der Waals surface area contributed by atoms with Gasteiger partial charge in [-0.2, -0.15) is 0 Å². The second-order valence-corrected chi connectivity index (χ2v) is 3.86. The van der Waals surface area contributed by atoms with Gasteiger partial charge in [0.1, 0.15) is 0 Å². The highest BCUT2D eigenvalue weighted by atomic mass is 35.5. The van der Waals surface area contributed by atoms with E-state index < -0.39 is 0 Å². The average Bonchev–Trinajstić information content (AvgIpc) is 2.56. The lowest BCUT2D eigenvalue weighted by Crippen LogP contribution is -2.04. The molecule has 2 rings (SSSR count). The number of hydrogen-bond acceptors (Lipinski definition) is 3. The van der Waals surface area contributed by atoms with Crippen molar-refractivity contribution in [1.29, 1.82) is 0 Å². The Hall–Kier alpha value is -1.10. The lowest BCUT2D eigenvalue weighted by atomic mass is 10.1. The molecule has 0 aromatic heterocycles. The highest BCUT2D eigenvalue weighted by Crippen LogP contribution is 2.32. The number of anilines is 1. The van der Waals surface area contributed by atoms with E-state index in [2.05, 4.69) is 10.2 Å². The predicted molar refractivity (Wildman–Crippen MR) is 57.6 cm³/mol. The van der Waals surface area contributed by atoms with Crippen LogP contribution in [-0.2, 0) is 22.5 Å². The largest absolute Gasteiger partial charge is 0.324 e. The van der Waals surface area contributed by atoms with Crippen LogP contribution in [0.25, 0.3) is 0 Å². The summed E-state index contributed by atoms with van der Waals surface area (Å²) in [5.41, 5.74) is 2.71. The maximum atomic E-state index is 11.2. The SMILES string of the molecule is NOCCc1cc(Cl)c2c(c1)CC(=O)N2. The van der Waals surface area contributed by atoms with Gasteiger partial charge in [0, 0.05) is 0 Å². The van der Waals surface area contributed by atoms with Gasteiger partial charge in [-0.3, -0.25) is 4.79 Å². The van der Waals surface area contributed by atoms with E-state index in [9.17, 15) is 4.79 Å². The lowest BCUT2D eigenvalue weighted by Gasteiger charge is -2.06. The normalized spacial score (nSPS) is 13.9. The van der Waals surface area contributed by atoms with Gasteiger partial charge in [-0.25, -0.2) is 5.90 Å². The Balaban J connectivity index is 2.27. The van der Waals surface area contributed by atoms with Gasteiger partial charge in [0.05, 0.1) is 23.7 Å². The highest BCUT2D eigenvalue weighted by Gasteiger charge is 2.20. The van der Waals surface area contributed by atoms with Crippen LogP contribution in [0.3, 0.4) is 0 Å². The topological polar surface area (TPSA) is 64.3 Å². The Morgan fingerprint density at radius 3 is 3.07 bits per heavy atom. The molecule has 1 aromatic rings. The fourth-order valence-electron chi connectivity index (χ4n) is 1.68. The Labute approximate surface area is 92.3 Å². The third kappa shape index (κ3) is 2.12. The summed E-state index contributed by atoms with van der Waals surface area (Å²) in [4.78, 5) is 15.7. The van der Waals surface area contributed by atoms with Gasteiger partial charge in [0.25, 0.3) is 0 Å². The summed E-state index contributed by atoms with van der Waals surface area (Å²) in [7, 11) is 0. The molecule has 1 aliphatic heterocycles. The fourth-order valence-corrected chi connectivity index (χ4v) is 1.99. The molecule has 1 amide bonds. The Bertz CT molecular complexity index is 407. The van der Waals surface area contributed by atoms with E-state index in [0.717, 1.165) is 16.8 Å². The number of nitrogens with two attached hydrogens (primary N) is 1. The van der Waals surface area contributed by atoms with Crippen LogP contribution in [0.4, 0.5) is 5.69 Å². The zero-order valence-electron chi connectivity index (χ0n) is 8.05. The monoisotopic (exact) mass is 226 g/mol. The molecule has 0 saturated carbocycles. The van der Waals surface area contributed by atoms with Crippen LogP contribution in [0, 0.1) is 0 Å². The molecule has 1 heterocycles. The molecule has 0 bridgehead atoms. The first-order valence-electron chi connectivity index (χ1n) is 4.63. The zero-order chi connectivity index (χ0) is 10.8. The van der Waals surface area contributed by atoms with Crippen LogP contribution in [0.5, 0.6) is 0 Å². The maximum absolute atomic E-state index is 11.2. The molecule has 5 heteroatoms. The molecule has 0 unspecified atom stereocenters. The quantitative estimate of drug-likeness (QED) is 0.763. The number of amides is 1. The van der Waals surface area contributed by atoms with E-state index in [1.54, 1.807) is 0 Å². The van der Waals surface area contributed by atoms with Crippen molar-refractivity contribution < 1.29 is 9.63 Å². The molecule has 0 radical (unpaired) electrons. The molecule has 0 saturated heterocycles. The minimum Gasteiger partial charge on any atom is -0.324 e. The van der Waals surface area contributed by atoms with Crippen molar-refractivity contribution in [2.75, 3.05) is 11.9 Å². The van der Waals surface area contributed by atoms with E-state index in [0.29, 0.717) is 24.5 Å². The first kappa shape index (κ1) is 10.4. The lowest BCUT2D eigenvalue weighted by molar-refractivity contribution is -0.115. The first-order valence-corrected chi connectivity index (χ1v) is 5.01. The van der Waals surface area contributed by atoms with Gasteiger partial charge in [-0.05, 0) is 23.6 Å². The van der Waals surface area contributed by atoms with Gasteiger partial charge in [0.15, 0.2) is 0 Å². The summed E-state index contributed by atoms with van der Waals surface area (Å²) < 4.78 is 0. The van der Waals surface area contributed by atoms with Crippen molar-refractivity contribution in [1.82, 2.24) is 0 Å². The van der Waals surface area contributed by atoms with Gasteiger partial charge >= 0.3 is 0 Å². The molecular formula is C10H11ClN2O2. The second kappa shape index (κ2) is 4.18. The smallest absolute Gasteiger partial charge is 0.228 e. The number of rotatable bonds is 3. The molecule has 0 spiro atoms. The van der Waals surface area contributed by atoms with Crippen molar-refractivity contribution in [3.8, 4) is 0 Å². The van der Waals surface area contributed by atoms with E-state index in [4.69, 9.17) is 17.5 Å². The molecule has 15 heavy (non-hydrogen) atoms. The minimum atomic E-state index is -0.0147.